The number of carbonyl (C=O) groups is 1. The minimum absolute atomic E-state index is 0.172. The van der Waals surface area contributed by atoms with E-state index in [9.17, 15) is 4.79 Å². The van der Waals surface area contributed by atoms with E-state index in [0.29, 0.717) is 5.69 Å². The van der Waals surface area contributed by atoms with E-state index in [1.807, 2.05) is 54.6 Å². The lowest BCUT2D eigenvalue weighted by Crippen LogP contribution is -2.27. The molecule has 2 aromatic carbocycles. The molecule has 0 aliphatic heterocycles. The number of amides is 1. The van der Waals surface area contributed by atoms with Gasteiger partial charge in [-0.05, 0) is 24.3 Å². The highest BCUT2D eigenvalue weighted by atomic mass is 16.2. The smallest absolute Gasteiger partial charge is 0.278 e. The summed E-state index contributed by atoms with van der Waals surface area (Å²) < 4.78 is 0. The molecule has 98 valence electrons. The van der Waals surface area contributed by atoms with E-state index >= 15 is 0 Å². The summed E-state index contributed by atoms with van der Waals surface area (Å²) in [6.07, 6.45) is 1.52. The number of rotatable bonds is 2. The molecule has 3 aromatic rings. The summed E-state index contributed by atoms with van der Waals surface area (Å²) >= 11 is 0. The Hall–Kier alpha value is -2.75. The van der Waals surface area contributed by atoms with Crippen molar-refractivity contribution in [2.24, 2.45) is 0 Å². The summed E-state index contributed by atoms with van der Waals surface area (Å²) in [5, 5.41) is 0. The van der Waals surface area contributed by atoms with Gasteiger partial charge in [0.05, 0.1) is 17.2 Å². The third-order valence-electron chi connectivity index (χ3n) is 3.12. The summed E-state index contributed by atoms with van der Waals surface area (Å²) in [7, 11) is 1.73. The van der Waals surface area contributed by atoms with Gasteiger partial charge in [-0.1, -0.05) is 30.3 Å². The van der Waals surface area contributed by atoms with Gasteiger partial charge in [-0.3, -0.25) is 9.78 Å². The molecule has 0 bridgehead atoms. The molecule has 1 aromatic heterocycles. The van der Waals surface area contributed by atoms with Crippen LogP contribution >= 0.6 is 0 Å². The predicted molar refractivity (Wildman–Crippen MR) is 78.7 cm³/mol. The van der Waals surface area contributed by atoms with Gasteiger partial charge in [-0.25, -0.2) is 4.98 Å². The van der Waals surface area contributed by atoms with Crippen LogP contribution in [0.25, 0.3) is 11.0 Å². The number of carbonyl (C=O) groups excluding carboxylic acids is 1. The number of anilines is 1. The van der Waals surface area contributed by atoms with Gasteiger partial charge in [-0.2, -0.15) is 0 Å². The van der Waals surface area contributed by atoms with E-state index in [0.717, 1.165) is 16.7 Å². The van der Waals surface area contributed by atoms with E-state index in [1.54, 1.807) is 11.9 Å². The Kier molecular flexibility index (Phi) is 3.13. The van der Waals surface area contributed by atoms with Crippen LogP contribution in [0.3, 0.4) is 0 Å². The molecule has 0 N–H and O–H groups in total. The number of aromatic nitrogens is 2. The number of nitrogens with zero attached hydrogens (tertiary/aromatic N) is 3. The van der Waals surface area contributed by atoms with Crippen LogP contribution in [0.15, 0.2) is 60.8 Å². The summed E-state index contributed by atoms with van der Waals surface area (Å²) in [5.74, 6) is -0.172. The normalized spacial score (nSPS) is 10.4. The van der Waals surface area contributed by atoms with Crippen molar-refractivity contribution >= 4 is 22.6 Å². The predicted octanol–water partition coefficient (Wildman–Crippen LogP) is 2.91. The lowest BCUT2D eigenvalue weighted by atomic mass is 10.2. The molecule has 1 heterocycles. The van der Waals surface area contributed by atoms with Gasteiger partial charge in [0.1, 0.15) is 5.69 Å². The van der Waals surface area contributed by atoms with Crippen molar-refractivity contribution in [3.63, 3.8) is 0 Å². The van der Waals surface area contributed by atoms with Gasteiger partial charge < -0.3 is 4.90 Å². The van der Waals surface area contributed by atoms with E-state index < -0.39 is 0 Å². The summed E-state index contributed by atoms with van der Waals surface area (Å²) in [5.41, 5.74) is 2.67. The molecule has 0 saturated heterocycles. The van der Waals surface area contributed by atoms with Crippen molar-refractivity contribution < 1.29 is 4.79 Å². The molecule has 4 nitrogen and oxygen atoms in total. The van der Waals surface area contributed by atoms with E-state index in [-0.39, 0.29) is 5.91 Å². The van der Waals surface area contributed by atoms with Gasteiger partial charge in [-0.15, -0.1) is 0 Å². The molecule has 0 radical (unpaired) electrons. The van der Waals surface area contributed by atoms with E-state index in [1.165, 1.54) is 6.20 Å². The van der Waals surface area contributed by atoms with Crippen LogP contribution in [0.5, 0.6) is 0 Å². The monoisotopic (exact) mass is 263 g/mol. The number of benzene rings is 2. The van der Waals surface area contributed by atoms with Crippen LogP contribution in [0.1, 0.15) is 10.5 Å². The second kappa shape index (κ2) is 5.09. The largest absolute Gasteiger partial charge is 0.310 e. The van der Waals surface area contributed by atoms with Crippen LogP contribution in [0, 0.1) is 0 Å². The molecule has 0 saturated carbocycles. The number of hydrogen-bond acceptors (Lipinski definition) is 3. The first kappa shape index (κ1) is 12.3. The lowest BCUT2D eigenvalue weighted by Gasteiger charge is -2.16. The second-order valence-electron chi connectivity index (χ2n) is 4.44. The molecule has 3 rings (SSSR count). The second-order valence-corrected chi connectivity index (χ2v) is 4.44. The molecule has 0 fully saturated rings. The molecule has 0 spiro atoms. The van der Waals surface area contributed by atoms with Crippen molar-refractivity contribution in [2.45, 2.75) is 0 Å². The van der Waals surface area contributed by atoms with Crippen molar-refractivity contribution in [3.05, 3.63) is 66.5 Å². The summed E-state index contributed by atoms with van der Waals surface area (Å²) in [6, 6.07) is 17.0. The molecule has 20 heavy (non-hydrogen) atoms. The van der Waals surface area contributed by atoms with Crippen molar-refractivity contribution in [1.29, 1.82) is 0 Å². The summed E-state index contributed by atoms with van der Waals surface area (Å²) in [6.45, 7) is 0. The van der Waals surface area contributed by atoms with Crippen molar-refractivity contribution in [3.8, 4) is 0 Å². The first-order valence-electron chi connectivity index (χ1n) is 6.30. The molecule has 0 unspecified atom stereocenters. The van der Waals surface area contributed by atoms with Gasteiger partial charge in [0, 0.05) is 12.7 Å². The fourth-order valence-electron chi connectivity index (χ4n) is 2.00. The average Bonchev–Trinajstić information content (AvgIpc) is 2.54. The highest BCUT2D eigenvalue weighted by molar-refractivity contribution is 6.04. The quantitative estimate of drug-likeness (QED) is 0.714. The summed E-state index contributed by atoms with van der Waals surface area (Å²) in [4.78, 5) is 22.6. The minimum Gasteiger partial charge on any atom is -0.310 e. The zero-order chi connectivity index (χ0) is 13.9. The molecule has 1 amide bonds. The zero-order valence-corrected chi connectivity index (χ0v) is 11.0. The molecular formula is C16H13N3O. The van der Waals surface area contributed by atoms with Gasteiger partial charge in [0.2, 0.25) is 0 Å². The Balaban J connectivity index is 1.96. The van der Waals surface area contributed by atoms with Crippen LogP contribution < -0.4 is 4.90 Å². The van der Waals surface area contributed by atoms with Gasteiger partial charge >= 0.3 is 0 Å². The molecule has 0 atom stereocenters. The number of para-hydroxylation sites is 3. The lowest BCUT2D eigenvalue weighted by molar-refractivity contribution is 0.0988. The minimum atomic E-state index is -0.172. The maximum absolute atomic E-state index is 12.4. The van der Waals surface area contributed by atoms with Crippen LogP contribution in [0.2, 0.25) is 0 Å². The molecule has 4 heteroatoms. The molecule has 0 aliphatic rings. The Labute approximate surface area is 116 Å². The van der Waals surface area contributed by atoms with Crippen LogP contribution in [-0.2, 0) is 0 Å². The first-order chi connectivity index (χ1) is 9.75. The fraction of sp³-hybridized carbons (Fsp3) is 0.0625. The topological polar surface area (TPSA) is 46.1 Å². The standard InChI is InChI=1S/C16H13N3O/c1-19(12-7-3-2-4-8-12)16(20)15-11-17-13-9-5-6-10-14(13)18-15/h2-11H,1H3. The maximum atomic E-state index is 12.4. The van der Waals surface area contributed by atoms with E-state index in [4.69, 9.17) is 0 Å². The van der Waals surface area contributed by atoms with Crippen molar-refractivity contribution in [1.82, 2.24) is 9.97 Å². The molecule has 0 aliphatic carbocycles. The Bertz CT molecular complexity index is 756. The Morgan fingerprint density at radius 1 is 0.950 bits per heavy atom. The third-order valence-corrected chi connectivity index (χ3v) is 3.12. The average molecular weight is 263 g/mol. The first-order valence-corrected chi connectivity index (χ1v) is 6.30. The maximum Gasteiger partial charge on any atom is 0.278 e. The Morgan fingerprint density at radius 3 is 2.35 bits per heavy atom. The van der Waals surface area contributed by atoms with Crippen LogP contribution in [0.4, 0.5) is 5.69 Å². The van der Waals surface area contributed by atoms with Gasteiger partial charge in [0.15, 0.2) is 0 Å². The van der Waals surface area contributed by atoms with Gasteiger partial charge in [0.25, 0.3) is 5.91 Å². The number of hydrogen-bond donors (Lipinski definition) is 0. The molecular weight excluding hydrogens is 250 g/mol. The van der Waals surface area contributed by atoms with E-state index in [2.05, 4.69) is 9.97 Å². The zero-order valence-electron chi connectivity index (χ0n) is 11.0. The highest BCUT2D eigenvalue weighted by Crippen LogP contribution is 2.15. The number of fused-ring (bicyclic) bond motifs is 1. The van der Waals surface area contributed by atoms with Crippen LogP contribution in [-0.4, -0.2) is 22.9 Å². The SMILES string of the molecule is CN(C(=O)c1cnc2ccccc2n1)c1ccccc1. The fourth-order valence-corrected chi connectivity index (χ4v) is 2.00. The highest BCUT2D eigenvalue weighted by Gasteiger charge is 2.15. The Morgan fingerprint density at radius 2 is 1.60 bits per heavy atom. The third kappa shape index (κ3) is 2.23. The van der Waals surface area contributed by atoms with Crippen molar-refractivity contribution in [2.75, 3.05) is 11.9 Å².